The lowest BCUT2D eigenvalue weighted by Crippen LogP contribution is -2.03. The van der Waals surface area contributed by atoms with Gasteiger partial charge in [-0.3, -0.25) is 0 Å². The molecule has 5 N–H and O–H groups in total. The van der Waals surface area contributed by atoms with E-state index >= 15 is 0 Å². The maximum atomic E-state index is 5.75. The molecule has 0 saturated carbocycles. The Morgan fingerprint density at radius 1 is 1.11 bits per heavy atom. The quantitative estimate of drug-likeness (QED) is 0.752. The summed E-state index contributed by atoms with van der Waals surface area (Å²) in [6, 6.07) is 7.38. The summed E-state index contributed by atoms with van der Waals surface area (Å²) in [5, 5.41) is 11.0. The van der Waals surface area contributed by atoms with Crippen LogP contribution in [0, 0.1) is 0 Å². The zero-order valence-corrected chi connectivity index (χ0v) is 11.7. The molecular formula is C11H12BrN7. The van der Waals surface area contributed by atoms with Crippen LogP contribution in [0.2, 0.25) is 0 Å². The number of rotatable bonds is 3. The van der Waals surface area contributed by atoms with Crippen LogP contribution >= 0.6 is 15.9 Å². The second-order valence-corrected chi connectivity index (χ2v) is 4.51. The highest BCUT2D eigenvalue weighted by atomic mass is 79.9. The average molecular weight is 322 g/mol. The van der Waals surface area contributed by atoms with E-state index in [0.29, 0.717) is 17.2 Å². The number of nitrogens with two attached hydrogens (primary N) is 2. The van der Waals surface area contributed by atoms with E-state index in [4.69, 9.17) is 11.5 Å². The van der Waals surface area contributed by atoms with Gasteiger partial charge in [0, 0.05) is 11.5 Å². The number of nitrogens with zero attached hydrogens (tertiary/aromatic N) is 4. The Hall–Kier alpha value is -2.22. The summed E-state index contributed by atoms with van der Waals surface area (Å²) < 4.78 is 0.970. The number of halogens is 1. The van der Waals surface area contributed by atoms with Crippen LogP contribution in [0.5, 0.6) is 0 Å². The number of aromatic nitrogens is 2. The summed E-state index contributed by atoms with van der Waals surface area (Å²) in [4.78, 5) is 7.84. The minimum atomic E-state index is 0.0874. The van der Waals surface area contributed by atoms with Crippen molar-refractivity contribution in [3.8, 4) is 0 Å². The van der Waals surface area contributed by atoms with E-state index in [2.05, 4.69) is 41.4 Å². The van der Waals surface area contributed by atoms with Crippen molar-refractivity contribution in [3.63, 3.8) is 0 Å². The Balaban J connectivity index is 2.35. The average Bonchev–Trinajstić information content (AvgIpc) is 2.39. The van der Waals surface area contributed by atoms with Gasteiger partial charge in [0.2, 0.25) is 5.95 Å². The molecule has 0 aliphatic heterocycles. The van der Waals surface area contributed by atoms with Crippen LogP contribution in [0.1, 0.15) is 0 Å². The molecule has 0 aliphatic carbocycles. The van der Waals surface area contributed by atoms with E-state index in [0.717, 1.165) is 4.47 Å². The summed E-state index contributed by atoms with van der Waals surface area (Å²) in [6.07, 6.45) is 0. The number of nitrogens with one attached hydrogen (secondary N) is 1. The minimum absolute atomic E-state index is 0.0874. The molecule has 0 spiro atoms. The van der Waals surface area contributed by atoms with Gasteiger partial charge < -0.3 is 16.8 Å². The number of hydrogen-bond donors (Lipinski definition) is 3. The van der Waals surface area contributed by atoms with Gasteiger partial charge in [-0.2, -0.15) is 15.1 Å². The third-order valence-corrected chi connectivity index (χ3v) is 2.79. The Labute approximate surface area is 118 Å². The highest BCUT2D eigenvalue weighted by Crippen LogP contribution is 2.30. The van der Waals surface area contributed by atoms with Crippen LogP contribution in [-0.2, 0) is 0 Å². The molecule has 0 bridgehead atoms. The molecule has 0 radical (unpaired) electrons. The molecule has 0 saturated heterocycles. The van der Waals surface area contributed by atoms with Crippen molar-refractivity contribution in [3.05, 3.63) is 28.7 Å². The van der Waals surface area contributed by atoms with Gasteiger partial charge in [0.25, 0.3) is 0 Å². The first-order valence-electron chi connectivity index (χ1n) is 5.38. The second-order valence-electron chi connectivity index (χ2n) is 3.59. The number of benzene rings is 1. The van der Waals surface area contributed by atoms with Crippen molar-refractivity contribution in [1.29, 1.82) is 0 Å². The van der Waals surface area contributed by atoms with Gasteiger partial charge in [-0.05, 0) is 24.3 Å². The zero-order chi connectivity index (χ0) is 13.8. The van der Waals surface area contributed by atoms with E-state index < -0.39 is 0 Å². The number of nitrogen functional groups attached to an aromatic ring is 2. The predicted molar refractivity (Wildman–Crippen MR) is 78.7 cm³/mol. The molecule has 2 aromatic rings. The van der Waals surface area contributed by atoms with Crippen LogP contribution in [0.25, 0.3) is 0 Å². The van der Waals surface area contributed by atoms with Crippen LogP contribution < -0.4 is 16.8 Å². The molecule has 0 unspecified atom stereocenters. The Bertz CT molecular complexity index is 609. The largest absolute Gasteiger partial charge is 0.382 e. The number of azo groups is 1. The number of anilines is 3. The van der Waals surface area contributed by atoms with E-state index in [1.807, 2.05) is 24.3 Å². The smallest absolute Gasteiger partial charge is 0.224 e. The van der Waals surface area contributed by atoms with Gasteiger partial charge in [-0.15, -0.1) is 5.11 Å². The van der Waals surface area contributed by atoms with E-state index in [9.17, 15) is 0 Å². The minimum Gasteiger partial charge on any atom is -0.382 e. The van der Waals surface area contributed by atoms with Crippen molar-refractivity contribution in [2.75, 3.05) is 23.8 Å². The van der Waals surface area contributed by atoms with E-state index in [1.54, 1.807) is 7.05 Å². The van der Waals surface area contributed by atoms with Gasteiger partial charge in [0.1, 0.15) is 0 Å². The molecule has 7 nitrogen and oxygen atoms in total. The fourth-order valence-electron chi connectivity index (χ4n) is 1.38. The van der Waals surface area contributed by atoms with Crippen molar-refractivity contribution >= 4 is 44.9 Å². The summed E-state index contributed by atoms with van der Waals surface area (Å²) in [6.45, 7) is 0. The van der Waals surface area contributed by atoms with Crippen molar-refractivity contribution in [2.45, 2.75) is 0 Å². The molecule has 1 heterocycles. The maximum Gasteiger partial charge on any atom is 0.224 e. The van der Waals surface area contributed by atoms with Crippen LogP contribution in [0.15, 0.2) is 39.0 Å². The van der Waals surface area contributed by atoms with Crippen molar-refractivity contribution in [2.24, 2.45) is 10.2 Å². The molecule has 8 heteroatoms. The highest BCUT2D eigenvalue weighted by molar-refractivity contribution is 9.10. The highest BCUT2D eigenvalue weighted by Gasteiger charge is 2.09. The molecule has 1 aromatic heterocycles. The monoisotopic (exact) mass is 321 g/mol. The predicted octanol–water partition coefficient (Wildman–Crippen LogP) is 2.86. The van der Waals surface area contributed by atoms with E-state index in [1.165, 1.54) is 0 Å². The van der Waals surface area contributed by atoms with Crippen LogP contribution in [0.4, 0.5) is 29.0 Å². The maximum absolute atomic E-state index is 5.75. The second kappa shape index (κ2) is 5.61. The fourth-order valence-corrected chi connectivity index (χ4v) is 1.64. The van der Waals surface area contributed by atoms with Crippen molar-refractivity contribution < 1.29 is 0 Å². The van der Waals surface area contributed by atoms with Crippen LogP contribution in [0.3, 0.4) is 0 Å². The summed E-state index contributed by atoms with van der Waals surface area (Å²) in [7, 11) is 1.69. The van der Waals surface area contributed by atoms with Gasteiger partial charge in [-0.1, -0.05) is 15.9 Å². The topological polar surface area (TPSA) is 115 Å². The Morgan fingerprint density at radius 2 is 1.79 bits per heavy atom. The zero-order valence-electron chi connectivity index (χ0n) is 10.1. The normalized spacial score (nSPS) is 10.8. The van der Waals surface area contributed by atoms with Crippen LogP contribution in [-0.4, -0.2) is 17.0 Å². The summed E-state index contributed by atoms with van der Waals surface area (Å²) >= 11 is 3.35. The lowest BCUT2D eigenvalue weighted by atomic mass is 10.3. The lowest BCUT2D eigenvalue weighted by molar-refractivity contribution is 1.14. The standard InChI is InChI=1S/C11H12BrN7/c1-15-10-8(9(13)16-11(14)17-10)19-18-7-4-2-6(12)3-5-7/h2-5H,1H3,(H5,13,14,15,16,17). The SMILES string of the molecule is CNc1nc(N)nc(N)c1N=Nc1ccc(Br)cc1. The summed E-state index contributed by atoms with van der Waals surface area (Å²) in [5.74, 6) is 0.702. The van der Waals surface area contributed by atoms with Crippen molar-refractivity contribution in [1.82, 2.24) is 9.97 Å². The molecule has 0 fully saturated rings. The molecule has 19 heavy (non-hydrogen) atoms. The first-order valence-corrected chi connectivity index (χ1v) is 6.17. The molecule has 0 aliphatic rings. The van der Waals surface area contributed by atoms with E-state index in [-0.39, 0.29) is 11.8 Å². The first kappa shape index (κ1) is 13.2. The third kappa shape index (κ3) is 3.16. The molecular weight excluding hydrogens is 310 g/mol. The van der Waals surface area contributed by atoms with Gasteiger partial charge in [0.05, 0.1) is 5.69 Å². The summed E-state index contributed by atoms with van der Waals surface area (Å²) in [5.41, 5.74) is 12.3. The molecule has 2 rings (SSSR count). The number of hydrogen-bond acceptors (Lipinski definition) is 7. The molecule has 0 amide bonds. The first-order chi connectivity index (χ1) is 9.10. The third-order valence-electron chi connectivity index (χ3n) is 2.26. The Kier molecular flexibility index (Phi) is 3.91. The van der Waals surface area contributed by atoms with Gasteiger partial charge >= 0.3 is 0 Å². The lowest BCUT2D eigenvalue weighted by Gasteiger charge is -2.05. The van der Waals surface area contributed by atoms with Gasteiger partial charge in [-0.25, -0.2) is 0 Å². The molecule has 98 valence electrons. The van der Waals surface area contributed by atoms with Gasteiger partial charge in [0.15, 0.2) is 17.3 Å². The molecule has 1 aromatic carbocycles. The fraction of sp³-hybridized carbons (Fsp3) is 0.0909. The Morgan fingerprint density at radius 3 is 2.42 bits per heavy atom. The molecule has 0 atom stereocenters.